The smallest absolute Gasteiger partial charge is 0.396 e. The van der Waals surface area contributed by atoms with Crippen molar-refractivity contribution in [3.8, 4) is 5.75 Å². The van der Waals surface area contributed by atoms with Crippen LogP contribution < -0.4 is 4.18 Å². The Morgan fingerprint density at radius 3 is 2.16 bits per heavy atom. The Hall–Kier alpha value is -1.32. The lowest BCUT2D eigenvalue weighted by Crippen LogP contribution is -2.28. The fraction of sp³-hybridized carbons (Fsp3) is 0.400. The van der Waals surface area contributed by atoms with Gasteiger partial charge in [-0.2, -0.15) is 21.6 Å². The molecule has 0 aliphatic rings. The number of aliphatic hydroxyl groups is 2. The topological polar surface area (TPSA) is 83.8 Å². The minimum atomic E-state index is -5.70. The van der Waals surface area contributed by atoms with E-state index in [0.717, 1.165) is 12.1 Å². The summed E-state index contributed by atoms with van der Waals surface area (Å²) in [5, 5.41) is 18.1. The lowest BCUT2D eigenvalue weighted by Gasteiger charge is -2.11. The molecule has 19 heavy (non-hydrogen) atoms. The van der Waals surface area contributed by atoms with Crippen LogP contribution in [0.4, 0.5) is 13.2 Å². The van der Waals surface area contributed by atoms with Crippen molar-refractivity contribution in [2.24, 2.45) is 0 Å². The van der Waals surface area contributed by atoms with Crippen LogP contribution in [0.2, 0.25) is 0 Å². The molecule has 0 bridgehead atoms. The molecule has 0 saturated heterocycles. The summed E-state index contributed by atoms with van der Waals surface area (Å²) in [6.45, 7) is -0.262. The highest BCUT2D eigenvalue weighted by Crippen LogP contribution is 2.27. The third kappa shape index (κ3) is 4.08. The number of hydrogen-bond acceptors (Lipinski definition) is 5. The molecule has 5 nitrogen and oxygen atoms in total. The summed E-state index contributed by atoms with van der Waals surface area (Å²) in [7, 11) is -5.70. The molecule has 108 valence electrons. The fourth-order valence-corrected chi connectivity index (χ4v) is 1.67. The van der Waals surface area contributed by atoms with E-state index in [1.54, 1.807) is 0 Å². The highest BCUT2D eigenvalue weighted by molar-refractivity contribution is 7.87. The average molecular weight is 300 g/mol. The van der Waals surface area contributed by atoms with Crippen molar-refractivity contribution in [1.29, 1.82) is 0 Å². The van der Waals surface area contributed by atoms with E-state index in [0.29, 0.717) is 5.56 Å². The quantitative estimate of drug-likeness (QED) is 0.633. The third-order valence-electron chi connectivity index (χ3n) is 2.16. The van der Waals surface area contributed by atoms with Crippen LogP contribution in [0.15, 0.2) is 24.3 Å². The zero-order valence-corrected chi connectivity index (χ0v) is 10.3. The first-order valence-corrected chi connectivity index (χ1v) is 6.48. The summed E-state index contributed by atoms with van der Waals surface area (Å²) in [4.78, 5) is 0. The van der Waals surface area contributed by atoms with Gasteiger partial charge in [-0.05, 0) is 17.7 Å². The van der Waals surface area contributed by atoms with Crippen molar-refractivity contribution in [1.82, 2.24) is 0 Å². The van der Waals surface area contributed by atoms with E-state index in [4.69, 9.17) is 5.11 Å². The standard InChI is InChI=1S/C10H11F3O5S/c11-10(12,13)19(16,17)18-8-3-1-7(2-4-8)9(15)5-6-14/h1-4,9,14-15H,5-6H2/t9-/m1/s1. The largest absolute Gasteiger partial charge is 0.534 e. The Kier molecular flexibility index (Phi) is 4.77. The van der Waals surface area contributed by atoms with Gasteiger partial charge in [0.1, 0.15) is 5.75 Å². The van der Waals surface area contributed by atoms with Gasteiger partial charge in [0, 0.05) is 13.0 Å². The van der Waals surface area contributed by atoms with Gasteiger partial charge in [-0.15, -0.1) is 0 Å². The summed E-state index contributed by atoms with van der Waals surface area (Å²) < 4.78 is 61.4. The molecule has 0 unspecified atom stereocenters. The first-order valence-electron chi connectivity index (χ1n) is 5.07. The molecule has 1 atom stereocenters. The Morgan fingerprint density at radius 2 is 1.74 bits per heavy atom. The zero-order valence-electron chi connectivity index (χ0n) is 9.46. The second-order valence-electron chi connectivity index (χ2n) is 3.58. The molecule has 0 radical (unpaired) electrons. The molecule has 0 saturated carbocycles. The number of halogens is 3. The number of rotatable bonds is 5. The fourth-order valence-electron chi connectivity index (χ4n) is 1.21. The van der Waals surface area contributed by atoms with E-state index < -0.39 is 27.5 Å². The molecule has 9 heteroatoms. The Morgan fingerprint density at radius 1 is 1.21 bits per heavy atom. The maximum Gasteiger partial charge on any atom is 0.534 e. The molecule has 0 aliphatic carbocycles. The molecular weight excluding hydrogens is 289 g/mol. The van der Waals surface area contributed by atoms with Gasteiger partial charge in [0.15, 0.2) is 0 Å². The molecule has 1 aromatic rings. The van der Waals surface area contributed by atoms with Crippen molar-refractivity contribution >= 4 is 10.1 Å². The van der Waals surface area contributed by atoms with E-state index in [1.807, 2.05) is 0 Å². The van der Waals surface area contributed by atoms with Crippen molar-refractivity contribution in [2.75, 3.05) is 6.61 Å². The first kappa shape index (κ1) is 15.7. The molecule has 0 heterocycles. The van der Waals surface area contributed by atoms with Crippen LogP contribution in [0.25, 0.3) is 0 Å². The second-order valence-corrected chi connectivity index (χ2v) is 5.12. The van der Waals surface area contributed by atoms with Gasteiger partial charge < -0.3 is 14.4 Å². The van der Waals surface area contributed by atoms with Crippen molar-refractivity contribution in [2.45, 2.75) is 18.0 Å². The molecule has 2 N–H and O–H groups in total. The monoisotopic (exact) mass is 300 g/mol. The number of aliphatic hydroxyl groups excluding tert-OH is 2. The van der Waals surface area contributed by atoms with Crippen LogP contribution in [-0.2, 0) is 10.1 Å². The molecule has 0 amide bonds. The Bertz CT molecular complexity index is 509. The summed E-state index contributed by atoms with van der Waals surface area (Å²) in [6, 6.07) is 4.39. The summed E-state index contributed by atoms with van der Waals surface area (Å²) >= 11 is 0. The Balaban J connectivity index is 2.84. The maximum absolute atomic E-state index is 12.0. The van der Waals surface area contributed by atoms with Crippen LogP contribution in [0.3, 0.4) is 0 Å². The van der Waals surface area contributed by atoms with Gasteiger partial charge in [-0.25, -0.2) is 0 Å². The lowest BCUT2D eigenvalue weighted by molar-refractivity contribution is -0.0500. The molecular formula is C10H11F3O5S. The van der Waals surface area contributed by atoms with Gasteiger partial charge in [-0.1, -0.05) is 12.1 Å². The molecule has 0 aliphatic heterocycles. The van der Waals surface area contributed by atoms with E-state index in [9.17, 15) is 26.7 Å². The summed E-state index contributed by atoms with van der Waals surface area (Å²) in [5.41, 5.74) is -5.17. The van der Waals surface area contributed by atoms with Gasteiger partial charge in [0.2, 0.25) is 0 Å². The van der Waals surface area contributed by atoms with Crippen LogP contribution in [0, 0.1) is 0 Å². The van der Waals surface area contributed by atoms with E-state index >= 15 is 0 Å². The van der Waals surface area contributed by atoms with Crippen molar-refractivity contribution < 1.29 is 36.0 Å². The van der Waals surface area contributed by atoms with Crippen molar-refractivity contribution in [3.05, 3.63) is 29.8 Å². The van der Waals surface area contributed by atoms with E-state index in [1.165, 1.54) is 12.1 Å². The molecule has 1 rings (SSSR count). The van der Waals surface area contributed by atoms with Gasteiger partial charge in [-0.3, -0.25) is 0 Å². The highest BCUT2D eigenvalue weighted by Gasteiger charge is 2.48. The maximum atomic E-state index is 12.0. The Labute approximate surface area is 107 Å². The van der Waals surface area contributed by atoms with Gasteiger partial charge >= 0.3 is 15.6 Å². The number of hydrogen-bond donors (Lipinski definition) is 2. The normalized spacial score (nSPS) is 14.2. The van der Waals surface area contributed by atoms with E-state index in [2.05, 4.69) is 4.18 Å². The average Bonchev–Trinajstić information content (AvgIpc) is 2.28. The highest BCUT2D eigenvalue weighted by atomic mass is 32.2. The predicted molar refractivity (Wildman–Crippen MR) is 58.7 cm³/mol. The van der Waals surface area contributed by atoms with Crippen LogP contribution in [0.1, 0.15) is 18.1 Å². The van der Waals surface area contributed by atoms with Crippen LogP contribution >= 0.6 is 0 Å². The summed E-state index contributed by atoms with van der Waals surface area (Å²) in [6.07, 6.45) is -0.931. The van der Waals surface area contributed by atoms with Gasteiger partial charge in [0.25, 0.3) is 0 Å². The minimum absolute atomic E-state index is 0.0566. The molecule has 0 fully saturated rings. The van der Waals surface area contributed by atoms with E-state index in [-0.39, 0.29) is 13.0 Å². The molecule has 0 spiro atoms. The first-order chi connectivity index (χ1) is 8.67. The second kappa shape index (κ2) is 5.76. The van der Waals surface area contributed by atoms with Crippen LogP contribution in [-0.4, -0.2) is 30.7 Å². The van der Waals surface area contributed by atoms with Gasteiger partial charge in [0.05, 0.1) is 6.10 Å². The summed E-state index contributed by atoms with van der Waals surface area (Å²) in [5.74, 6) is -0.516. The predicted octanol–water partition coefficient (Wildman–Crippen LogP) is 1.33. The minimum Gasteiger partial charge on any atom is -0.396 e. The SMILES string of the molecule is O=S(=O)(Oc1ccc([C@H](O)CCO)cc1)C(F)(F)F. The number of benzene rings is 1. The van der Waals surface area contributed by atoms with Crippen molar-refractivity contribution in [3.63, 3.8) is 0 Å². The van der Waals surface area contributed by atoms with Crippen LogP contribution in [0.5, 0.6) is 5.75 Å². The lowest BCUT2D eigenvalue weighted by atomic mass is 10.1. The molecule has 0 aromatic heterocycles. The zero-order chi connectivity index (χ0) is 14.7. The molecule has 1 aromatic carbocycles. The number of alkyl halides is 3. The third-order valence-corrected chi connectivity index (χ3v) is 3.14.